The molecule has 2 rings (SSSR count). The molecule has 0 aliphatic rings. The second-order valence-electron chi connectivity index (χ2n) is 2.98. The lowest BCUT2D eigenvalue weighted by molar-refractivity contribution is 1.22. The Balaban J connectivity index is 2.81. The summed E-state index contributed by atoms with van der Waals surface area (Å²) in [6.45, 7) is 2.03. The molecule has 0 aliphatic heterocycles. The summed E-state index contributed by atoms with van der Waals surface area (Å²) in [5, 5.41) is 1.25. The number of para-hydroxylation sites is 1. The zero-order valence-corrected chi connectivity index (χ0v) is 8.56. The standard InChI is InChI=1S/C11H11NS/c1-8-7-11(13-2)9-5-3-4-6-10(9)12-8/h3-7H,1-2H3. The molecule has 1 aromatic carbocycles. The molecule has 13 heavy (non-hydrogen) atoms. The topological polar surface area (TPSA) is 12.9 Å². The van der Waals surface area contributed by atoms with Crippen LogP contribution >= 0.6 is 11.8 Å². The lowest BCUT2D eigenvalue weighted by Crippen LogP contribution is -1.85. The average molecular weight is 189 g/mol. The third-order valence-corrected chi connectivity index (χ3v) is 2.80. The van der Waals surface area contributed by atoms with Crippen LogP contribution in [0.3, 0.4) is 0 Å². The Labute approximate surface area is 82.2 Å². The van der Waals surface area contributed by atoms with E-state index in [9.17, 15) is 0 Å². The molecule has 1 aromatic heterocycles. The Kier molecular flexibility index (Phi) is 2.23. The molecule has 0 aliphatic carbocycles. The Bertz CT molecular complexity index is 437. The molecule has 0 saturated heterocycles. The van der Waals surface area contributed by atoms with Crippen LogP contribution in [0.4, 0.5) is 0 Å². The minimum absolute atomic E-state index is 1.09. The molecule has 2 aromatic rings. The second kappa shape index (κ2) is 3.38. The molecule has 0 radical (unpaired) electrons. The number of nitrogens with zero attached hydrogens (tertiary/aromatic N) is 1. The quantitative estimate of drug-likeness (QED) is 0.639. The SMILES string of the molecule is CSc1cc(C)nc2ccccc12. The third-order valence-electron chi connectivity index (χ3n) is 2.03. The van der Waals surface area contributed by atoms with Gasteiger partial charge >= 0.3 is 0 Å². The van der Waals surface area contributed by atoms with E-state index < -0.39 is 0 Å². The van der Waals surface area contributed by atoms with E-state index in [4.69, 9.17) is 0 Å². The summed E-state index contributed by atoms with van der Waals surface area (Å²) in [6.07, 6.45) is 2.10. The Morgan fingerprint density at radius 2 is 2.00 bits per heavy atom. The van der Waals surface area contributed by atoms with Crippen molar-refractivity contribution in [1.82, 2.24) is 4.98 Å². The normalized spacial score (nSPS) is 10.6. The fourth-order valence-electron chi connectivity index (χ4n) is 1.44. The first-order chi connectivity index (χ1) is 6.31. The van der Waals surface area contributed by atoms with E-state index in [0.717, 1.165) is 11.2 Å². The maximum absolute atomic E-state index is 4.47. The summed E-state index contributed by atoms with van der Waals surface area (Å²) in [5.41, 5.74) is 2.18. The van der Waals surface area contributed by atoms with Gasteiger partial charge in [0.15, 0.2) is 0 Å². The molecule has 0 atom stereocenters. The van der Waals surface area contributed by atoms with Crippen LogP contribution in [0.1, 0.15) is 5.69 Å². The molecular formula is C11H11NS. The smallest absolute Gasteiger partial charge is 0.0716 e. The number of aryl methyl sites for hydroxylation is 1. The number of thioether (sulfide) groups is 1. The maximum Gasteiger partial charge on any atom is 0.0716 e. The van der Waals surface area contributed by atoms with Crippen LogP contribution in [-0.4, -0.2) is 11.2 Å². The number of rotatable bonds is 1. The highest BCUT2D eigenvalue weighted by Gasteiger charge is 2.00. The van der Waals surface area contributed by atoms with E-state index in [2.05, 4.69) is 35.5 Å². The van der Waals surface area contributed by atoms with Gasteiger partial charge in [0, 0.05) is 16.0 Å². The van der Waals surface area contributed by atoms with E-state index in [-0.39, 0.29) is 0 Å². The van der Waals surface area contributed by atoms with Crippen molar-refractivity contribution in [3.63, 3.8) is 0 Å². The van der Waals surface area contributed by atoms with Crippen molar-refractivity contribution in [3.8, 4) is 0 Å². The molecule has 66 valence electrons. The van der Waals surface area contributed by atoms with E-state index >= 15 is 0 Å². The van der Waals surface area contributed by atoms with E-state index in [1.54, 1.807) is 11.8 Å². The van der Waals surface area contributed by atoms with Gasteiger partial charge in [-0.05, 0) is 25.3 Å². The van der Waals surface area contributed by atoms with Gasteiger partial charge in [0.2, 0.25) is 0 Å². The van der Waals surface area contributed by atoms with Crippen LogP contribution in [-0.2, 0) is 0 Å². The van der Waals surface area contributed by atoms with Gasteiger partial charge in [-0.15, -0.1) is 11.8 Å². The molecule has 0 fully saturated rings. The monoisotopic (exact) mass is 189 g/mol. The number of pyridine rings is 1. The van der Waals surface area contributed by atoms with Gasteiger partial charge in [-0.3, -0.25) is 4.98 Å². The molecule has 1 heterocycles. The van der Waals surface area contributed by atoms with Gasteiger partial charge in [-0.25, -0.2) is 0 Å². The van der Waals surface area contributed by atoms with Crippen molar-refractivity contribution < 1.29 is 0 Å². The molecule has 2 heteroatoms. The largest absolute Gasteiger partial charge is 0.253 e. The fraction of sp³-hybridized carbons (Fsp3) is 0.182. The number of fused-ring (bicyclic) bond motifs is 1. The van der Waals surface area contributed by atoms with Crippen LogP contribution in [0.2, 0.25) is 0 Å². The number of benzene rings is 1. The molecule has 0 unspecified atom stereocenters. The van der Waals surface area contributed by atoms with Crippen LogP contribution < -0.4 is 0 Å². The van der Waals surface area contributed by atoms with Crippen molar-refractivity contribution in [1.29, 1.82) is 0 Å². The van der Waals surface area contributed by atoms with Crippen LogP contribution in [0, 0.1) is 6.92 Å². The van der Waals surface area contributed by atoms with E-state index in [1.165, 1.54) is 10.3 Å². The minimum Gasteiger partial charge on any atom is -0.253 e. The van der Waals surface area contributed by atoms with Gasteiger partial charge < -0.3 is 0 Å². The third kappa shape index (κ3) is 1.54. The lowest BCUT2D eigenvalue weighted by atomic mass is 10.2. The first kappa shape index (κ1) is 8.57. The number of hydrogen-bond acceptors (Lipinski definition) is 2. The minimum atomic E-state index is 1.09. The summed E-state index contributed by atoms with van der Waals surface area (Å²) in [7, 11) is 0. The average Bonchev–Trinajstić information content (AvgIpc) is 2.16. The molecule has 0 saturated carbocycles. The highest BCUT2D eigenvalue weighted by Crippen LogP contribution is 2.25. The summed E-state index contributed by atoms with van der Waals surface area (Å²) >= 11 is 1.77. The Morgan fingerprint density at radius 3 is 2.77 bits per heavy atom. The number of hydrogen-bond donors (Lipinski definition) is 0. The highest BCUT2D eigenvalue weighted by molar-refractivity contribution is 7.98. The predicted octanol–water partition coefficient (Wildman–Crippen LogP) is 3.27. The van der Waals surface area contributed by atoms with E-state index in [0.29, 0.717) is 0 Å². The molecule has 0 amide bonds. The van der Waals surface area contributed by atoms with Gasteiger partial charge in [0.1, 0.15) is 0 Å². The maximum atomic E-state index is 4.47. The van der Waals surface area contributed by atoms with Crippen molar-refractivity contribution in [3.05, 3.63) is 36.0 Å². The van der Waals surface area contributed by atoms with Crippen LogP contribution in [0.15, 0.2) is 35.2 Å². The van der Waals surface area contributed by atoms with E-state index in [1.807, 2.05) is 13.0 Å². The first-order valence-corrected chi connectivity index (χ1v) is 5.44. The van der Waals surface area contributed by atoms with Crippen molar-refractivity contribution in [2.45, 2.75) is 11.8 Å². The van der Waals surface area contributed by atoms with Crippen molar-refractivity contribution in [2.24, 2.45) is 0 Å². The number of aromatic nitrogens is 1. The zero-order chi connectivity index (χ0) is 9.26. The Hall–Kier alpha value is -1.02. The van der Waals surface area contributed by atoms with Gasteiger partial charge in [-0.2, -0.15) is 0 Å². The lowest BCUT2D eigenvalue weighted by Gasteiger charge is -2.03. The summed E-state index contributed by atoms with van der Waals surface area (Å²) in [4.78, 5) is 5.78. The fourth-order valence-corrected chi connectivity index (χ4v) is 2.12. The van der Waals surface area contributed by atoms with Crippen molar-refractivity contribution >= 4 is 22.7 Å². The summed E-state index contributed by atoms with van der Waals surface area (Å²) in [5.74, 6) is 0. The van der Waals surface area contributed by atoms with Gasteiger partial charge in [-0.1, -0.05) is 18.2 Å². The van der Waals surface area contributed by atoms with Gasteiger partial charge in [0.05, 0.1) is 5.52 Å². The van der Waals surface area contributed by atoms with Crippen LogP contribution in [0.5, 0.6) is 0 Å². The molecule has 0 N–H and O–H groups in total. The second-order valence-corrected chi connectivity index (χ2v) is 3.83. The predicted molar refractivity (Wildman–Crippen MR) is 58.3 cm³/mol. The molecule has 0 bridgehead atoms. The molecular weight excluding hydrogens is 178 g/mol. The molecule has 0 spiro atoms. The summed E-state index contributed by atoms with van der Waals surface area (Å²) in [6, 6.07) is 10.4. The van der Waals surface area contributed by atoms with Crippen molar-refractivity contribution in [2.75, 3.05) is 6.26 Å². The zero-order valence-electron chi connectivity index (χ0n) is 7.74. The van der Waals surface area contributed by atoms with Gasteiger partial charge in [0.25, 0.3) is 0 Å². The highest BCUT2D eigenvalue weighted by atomic mass is 32.2. The van der Waals surface area contributed by atoms with Crippen LogP contribution in [0.25, 0.3) is 10.9 Å². The Morgan fingerprint density at radius 1 is 1.23 bits per heavy atom. The molecule has 1 nitrogen and oxygen atoms in total. The first-order valence-electron chi connectivity index (χ1n) is 4.21. The summed E-state index contributed by atoms with van der Waals surface area (Å²) < 4.78 is 0.